The van der Waals surface area contributed by atoms with E-state index in [-0.39, 0.29) is 12.0 Å². The molecule has 0 radical (unpaired) electrons. The van der Waals surface area contributed by atoms with Crippen LogP contribution in [0.15, 0.2) is 12.7 Å². The Labute approximate surface area is 109 Å². The first-order chi connectivity index (χ1) is 8.35. The highest BCUT2D eigenvalue weighted by Crippen LogP contribution is 2.06. The highest BCUT2D eigenvalue weighted by atomic mass is 16.6. The topological polar surface area (TPSA) is 67.4 Å². The lowest BCUT2D eigenvalue weighted by Gasteiger charge is -2.19. The Kier molecular flexibility index (Phi) is 7.83. The molecular formula is C13H24N2O3. The molecule has 2 N–H and O–H groups in total. The number of alkyl carbamates (subject to hydrolysis) is 1. The van der Waals surface area contributed by atoms with Gasteiger partial charge in [-0.25, -0.2) is 4.79 Å². The van der Waals surface area contributed by atoms with Crippen LogP contribution in [0.4, 0.5) is 4.79 Å². The zero-order chi connectivity index (χ0) is 14.0. The van der Waals surface area contributed by atoms with Crippen LogP contribution in [0.1, 0.15) is 40.0 Å². The van der Waals surface area contributed by atoms with Crippen LogP contribution in [0.2, 0.25) is 0 Å². The third-order valence-electron chi connectivity index (χ3n) is 2.01. The molecule has 0 spiro atoms. The number of amides is 2. The quantitative estimate of drug-likeness (QED) is 0.540. The van der Waals surface area contributed by atoms with Gasteiger partial charge < -0.3 is 15.4 Å². The number of carbonyl (C=O) groups excluding carboxylic acids is 2. The minimum absolute atomic E-state index is 0.151. The van der Waals surface area contributed by atoms with Gasteiger partial charge in [0.2, 0.25) is 5.91 Å². The number of ether oxygens (including phenoxy) is 1. The predicted octanol–water partition coefficient (Wildman–Crippen LogP) is 1.98. The first kappa shape index (κ1) is 16.5. The van der Waals surface area contributed by atoms with Gasteiger partial charge in [0.15, 0.2) is 0 Å². The molecule has 5 heteroatoms. The van der Waals surface area contributed by atoms with Crippen molar-refractivity contribution in [3.8, 4) is 0 Å². The summed E-state index contributed by atoms with van der Waals surface area (Å²) < 4.78 is 5.09. The van der Waals surface area contributed by atoms with Crippen molar-refractivity contribution in [2.75, 3.05) is 13.1 Å². The Bertz CT molecular complexity index is 282. The van der Waals surface area contributed by atoms with Crippen molar-refractivity contribution >= 4 is 12.0 Å². The van der Waals surface area contributed by atoms with Crippen LogP contribution in [-0.4, -0.2) is 30.7 Å². The summed E-state index contributed by atoms with van der Waals surface area (Å²) in [7, 11) is 0. The molecule has 0 aliphatic carbocycles. The summed E-state index contributed by atoms with van der Waals surface area (Å²) in [5, 5.41) is 5.38. The minimum Gasteiger partial charge on any atom is -0.444 e. The standard InChI is InChI=1S/C13H24N2O3/c1-5-11(16)14-9-7-6-8-10-15-12(17)18-13(2,3)4/h5H,1,6-10H2,2-4H3,(H,14,16)(H,15,17). The van der Waals surface area contributed by atoms with Crippen molar-refractivity contribution in [3.63, 3.8) is 0 Å². The average molecular weight is 256 g/mol. The summed E-state index contributed by atoms with van der Waals surface area (Å²) in [4.78, 5) is 22.1. The van der Waals surface area contributed by atoms with E-state index in [9.17, 15) is 9.59 Å². The van der Waals surface area contributed by atoms with E-state index in [2.05, 4.69) is 17.2 Å². The molecular weight excluding hydrogens is 232 g/mol. The van der Waals surface area contributed by atoms with Crippen molar-refractivity contribution in [1.82, 2.24) is 10.6 Å². The third-order valence-corrected chi connectivity index (χ3v) is 2.01. The van der Waals surface area contributed by atoms with Crippen molar-refractivity contribution < 1.29 is 14.3 Å². The second-order valence-corrected chi connectivity index (χ2v) is 4.98. The molecule has 5 nitrogen and oxygen atoms in total. The van der Waals surface area contributed by atoms with E-state index >= 15 is 0 Å². The summed E-state index contributed by atoms with van der Waals surface area (Å²) in [5.74, 6) is -0.151. The monoisotopic (exact) mass is 256 g/mol. The molecule has 0 fully saturated rings. The molecule has 0 saturated carbocycles. The summed E-state index contributed by atoms with van der Waals surface area (Å²) in [5.41, 5.74) is -0.459. The van der Waals surface area contributed by atoms with Crippen molar-refractivity contribution in [2.45, 2.75) is 45.6 Å². The number of nitrogens with one attached hydrogen (secondary N) is 2. The number of carbonyl (C=O) groups is 2. The molecule has 0 saturated heterocycles. The van der Waals surface area contributed by atoms with E-state index < -0.39 is 5.60 Å². The second kappa shape index (κ2) is 8.55. The first-order valence-corrected chi connectivity index (χ1v) is 6.22. The van der Waals surface area contributed by atoms with Crippen LogP contribution in [0, 0.1) is 0 Å². The van der Waals surface area contributed by atoms with Gasteiger partial charge in [0, 0.05) is 13.1 Å². The van der Waals surface area contributed by atoms with Crippen molar-refractivity contribution in [2.24, 2.45) is 0 Å². The number of unbranched alkanes of at least 4 members (excludes halogenated alkanes) is 2. The predicted molar refractivity (Wildman–Crippen MR) is 71.3 cm³/mol. The van der Waals surface area contributed by atoms with Gasteiger partial charge in [-0.2, -0.15) is 0 Å². The maximum absolute atomic E-state index is 11.3. The van der Waals surface area contributed by atoms with Gasteiger partial charge in [0.05, 0.1) is 0 Å². The lowest BCUT2D eigenvalue weighted by molar-refractivity contribution is -0.116. The molecule has 18 heavy (non-hydrogen) atoms. The normalized spacial score (nSPS) is 10.6. The fraction of sp³-hybridized carbons (Fsp3) is 0.692. The van der Waals surface area contributed by atoms with Crippen LogP contribution in [0.5, 0.6) is 0 Å². The summed E-state index contributed by atoms with van der Waals surface area (Å²) in [6.45, 7) is 10.1. The molecule has 0 aliphatic heterocycles. The maximum Gasteiger partial charge on any atom is 0.407 e. The number of rotatable bonds is 7. The average Bonchev–Trinajstić information content (AvgIpc) is 2.25. The molecule has 0 heterocycles. The summed E-state index contributed by atoms with van der Waals surface area (Å²) >= 11 is 0. The first-order valence-electron chi connectivity index (χ1n) is 6.22. The zero-order valence-electron chi connectivity index (χ0n) is 11.5. The lowest BCUT2D eigenvalue weighted by Crippen LogP contribution is -2.33. The van der Waals surface area contributed by atoms with Gasteiger partial charge in [0.25, 0.3) is 0 Å². The molecule has 0 aromatic heterocycles. The minimum atomic E-state index is -0.459. The lowest BCUT2D eigenvalue weighted by atomic mass is 10.2. The molecule has 0 aliphatic rings. The fourth-order valence-corrected chi connectivity index (χ4v) is 1.22. The van der Waals surface area contributed by atoms with E-state index in [0.29, 0.717) is 13.1 Å². The van der Waals surface area contributed by atoms with E-state index in [0.717, 1.165) is 19.3 Å². The van der Waals surface area contributed by atoms with E-state index in [1.807, 2.05) is 20.8 Å². The van der Waals surface area contributed by atoms with E-state index in [1.165, 1.54) is 6.08 Å². The van der Waals surface area contributed by atoms with Crippen LogP contribution in [0.25, 0.3) is 0 Å². The molecule has 0 atom stereocenters. The highest BCUT2D eigenvalue weighted by molar-refractivity contribution is 5.86. The summed E-state index contributed by atoms with van der Waals surface area (Å²) in [6.07, 6.45) is 3.55. The smallest absolute Gasteiger partial charge is 0.407 e. The van der Waals surface area contributed by atoms with Gasteiger partial charge in [-0.3, -0.25) is 4.79 Å². The molecule has 0 aromatic carbocycles. The Morgan fingerprint density at radius 3 is 2.17 bits per heavy atom. The van der Waals surface area contributed by atoms with E-state index in [1.54, 1.807) is 0 Å². The van der Waals surface area contributed by atoms with Gasteiger partial charge in [-0.05, 0) is 46.1 Å². The fourth-order valence-electron chi connectivity index (χ4n) is 1.22. The highest BCUT2D eigenvalue weighted by Gasteiger charge is 2.15. The van der Waals surface area contributed by atoms with Crippen molar-refractivity contribution in [1.29, 1.82) is 0 Å². The molecule has 2 amide bonds. The summed E-state index contributed by atoms with van der Waals surface area (Å²) in [6, 6.07) is 0. The third kappa shape index (κ3) is 11.0. The van der Waals surface area contributed by atoms with Gasteiger partial charge >= 0.3 is 6.09 Å². The zero-order valence-corrected chi connectivity index (χ0v) is 11.5. The largest absolute Gasteiger partial charge is 0.444 e. The Hall–Kier alpha value is -1.52. The van der Waals surface area contributed by atoms with E-state index in [4.69, 9.17) is 4.74 Å². The van der Waals surface area contributed by atoms with Crippen LogP contribution in [0.3, 0.4) is 0 Å². The van der Waals surface area contributed by atoms with Crippen LogP contribution >= 0.6 is 0 Å². The van der Waals surface area contributed by atoms with Crippen molar-refractivity contribution in [3.05, 3.63) is 12.7 Å². The number of hydrogen-bond acceptors (Lipinski definition) is 3. The Morgan fingerprint density at radius 1 is 1.11 bits per heavy atom. The molecule has 104 valence electrons. The molecule has 0 bridgehead atoms. The van der Waals surface area contributed by atoms with Gasteiger partial charge in [-0.1, -0.05) is 6.58 Å². The molecule has 0 unspecified atom stereocenters. The maximum atomic E-state index is 11.3. The van der Waals surface area contributed by atoms with Gasteiger partial charge in [-0.15, -0.1) is 0 Å². The van der Waals surface area contributed by atoms with Gasteiger partial charge in [0.1, 0.15) is 5.60 Å². The molecule has 0 aromatic rings. The Balaban J connectivity index is 3.38. The Morgan fingerprint density at radius 2 is 1.67 bits per heavy atom. The number of hydrogen-bond donors (Lipinski definition) is 2. The second-order valence-electron chi connectivity index (χ2n) is 4.98. The van der Waals surface area contributed by atoms with Crippen LogP contribution < -0.4 is 10.6 Å². The molecule has 0 rings (SSSR count). The van der Waals surface area contributed by atoms with Crippen LogP contribution in [-0.2, 0) is 9.53 Å². The SMILES string of the molecule is C=CC(=O)NCCCCCNC(=O)OC(C)(C)C.